The van der Waals surface area contributed by atoms with Crippen molar-refractivity contribution >= 4 is 24.0 Å². The Morgan fingerprint density at radius 1 is 1.33 bits per heavy atom. The first kappa shape index (κ1) is 17.0. The lowest BCUT2D eigenvalue weighted by atomic mass is 10.2. The van der Waals surface area contributed by atoms with Crippen molar-refractivity contribution in [2.75, 3.05) is 18.5 Å². The van der Waals surface area contributed by atoms with Crippen LogP contribution in [0.2, 0.25) is 0 Å². The second kappa shape index (κ2) is 7.66. The van der Waals surface area contributed by atoms with Crippen molar-refractivity contribution in [3.63, 3.8) is 0 Å². The predicted molar refractivity (Wildman–Crippen MR) is 82.2 cm³/mol. The van der Waals surface area contributed by atoms with Crippen molar-refractivity contribution in [3.8, 4) is 5.75 Å². The molecular formula is C14H18ClN3O3. The summed E-state index contributed by atoms with van der Waals surface area (Å²) in [4.78, 5) is 12.1. The van der Waals surface area contributed by atoms with Gasteiger partial charge in [0.15, 0.2) is 0 Å². The van der Waals surface area contributed by atoms with Crippen LogP contribution in [0.1, 0.15) is 21.8 Å². The van der Waals surface area contributed by atoms with Crippen molar-refractivity contribution in [1.29, 1.82) is 0 Å². The number of nitrogens with one attached hydrogen (secondary N) is 1. The summed E-state index contributed by atoms with van der Waals surface area (Å²) in [6, 6.07) is 7.08. The summed E-state index contributed by atoms with van der Waals surface area (Å²) in [5.41, 5.74) is 7.07. The van der Waals surface area contributed by atoms with E-state index in [4.69, 9.17) is 15.0 Å². The molecule has 0 bridgehead atoms. The van der Waals surface area contributed by atoms with Gasteiger partial charge in [-0.15, -0.1) is 12.4 Å². The van der Waals surface area contributed by atoms with Gasteiger partial charge in [0.05, 0.1) is 5.69 Å². The summed E-state index contributed by atoms with van der Waals surface area (Å²) in [7, 11) is 0. The maximum atomic E-state index is 12.1. The van der Waals surface area contributed by atoms with Gasteiger partial charge in [-0.3, -0.25) is 4.79 Å². The van der Waals surface area contributed by atoms with E-state index in [1.165, 1.54) is 0 Å². The smallest absolute Gasteiger partial charge is 0.261 e. The fraction of sp³-hybridized carbons (Fsp3) is 0.286. The summed E-state index contributed by atoms with van der Waals surface area (Å²) < 4.78 is 10.3. The van der Waals surface area contributed by atoms with E-state index >= 15 is 0 Å². The highest BCUT2D eigenvalue weighted by molar-refractivity contribution is 6.05. The first-order valence-corrected chi connectivity index (χ1v) is 6.29. The Kier molecular flexibility index (Phi) is 6.20. The van der Waals surface area contributed by atoms with Crippen LogP contribution in [0.4, 0.5) is 5.69 Å². The molecule has 1 aromatic heterocycles. The number of hydrogen-bond donors (Lipinski definition) is 2. The third-order valence-electron chi connectivity index (χ3n) is 2.76. The van der Waals surface area contributed by atoms with Crippen molar-refractivity contribution in [3.05, 3.63) is 41.3 Å². The summed E-state index contributed by atoms with van der Waals surface area (Å²) in [5.74, 6) is 0.977. The van der Waals surface area contributed by atoms with Crippen molar-refractivity contribution in [2.24, 2.45) is 5.73 Å². The molecule has 0 aliphatic heterocycles. The molecule has 6 nitrogen and oxygen atoms in total. The van der Waals surface area contributed by atoms with E-state index in [1.54, 1.807) is 38.1 Å². The lowest BCUT2D eigenvalue weighted by Gasteiger charge is -2.07. The Bertz CT molecular complexity index is 577. The van der Waals surface area contributed by atoms with E-state index in [0.717, 1.165) is 0 Å². The molecule has 3 N–H and O–H groups in total. The summed E-state index contributed by atoms with van der Waals surface area (Å²) in [5, 5.41) is 6.55. The number of halogens is 1. The molecule has 0 fully saturated rings. The van der Waals surface area contributed by atoms with Gasteiger partial charge in [0.1, 0.15) is 23.7 Å². The van der Waals surface area contributed by atoms with Crippen LogP contribution < -0.4 is 15.8 Å². The molecule has 0 saturated heterocycles. The fourth-order valence-electron chi connectivity index (χ4n) is 1.81. The van der Waals surface area contributed by atoms with Gasteiger partial charge in [-0.2, -0.15) is 0 Å². The standard InChI is InChI=1S/C14H17N3O3.ClH/c1-9-13(10(2)20-17-9)14(18)16-11-3-5-12(6-4-11)19-8-7-15;/h3-6H,7-8,15H2,1-2H3,(H,16,18);1H. The maximum absolute atomic E-state index is 12.1. The van der Waals surface area contributed by atoms with Crippen molar-refractivity contribution in [2.45, 2.75) is 13.8 Å². The second-order valence-corrected chi connectivity index (χ2v) is 4.31. The van der Waals surface area contributed by atoms with Gasteiger partial charge in [0, 0.05) is 12.2 Å². The normalized spacial score (nSPS) is 9.86. The van der Waals surface area contributed by atoms with E-state index < -0.39 is 0 Å². The third kappa shape index (κ3) is 4.21. The third-order valence-corrected chi connectivity index (χ3v) is 2.76. The zero-order chi connectivity index (χ0) is 14.5. The molecule has 7 heteroatoms. The Hall–Kier alpha value is -2.05. The van der Waals surface area contributed by atoms with Gasteiger partial charge in [0.25, 0.3) is 5.91 Å². The predicted octanol–water partition coefficient (Wildman–Crippen LogP) is 2.30. The van der Waals surface area contributed by atoms with Crippen LogP contribution in [-0.4, -0.2) is 24.2 Å². The molecule has 0 aliphatic rings. The number of nitrogens with two attached hydrogens (primary N) is 1. The van der Waals surface area contributed by atoms with Crippen LogP contribution >= 0.6 is 12.4 Å². The maximum Gasteiger partial charge on any atom is 0.261 e. The number of carbonyl (C=O) groups is 1. The minimum Gasteiger partial charge on any atom is -0.492 e. The van der Waals surface area contributed by atoms with E-state index in [0.29, 0.717) is 41.6 Å². The molecule has 1 aromatic carbocycles. The Labute approximate surface area is 129 Å². The Morgan fingerprint density at radius 2 is 2.00 bits per heavy atom. The van der Waals surface area contributed by atoms with Gasteiger partial charge in [0.2, 0.25) is 0 Å². The number of rotatable bonds is 5. The monoisotopic (exact) mass is 311 g/mol. The van der Waals surface area contributed by atoms with Crippen LogP contribution in [0.25, 0.3) is 0 Å². The fourth-order valence-corrected chi connectivity index (χ4v) is 1.81. The molecule has 0 radical (unpaired) electrons. The highest BCUT2D eigenvalue weighted by Gasteiger charge is 2.17. The molecular weight excluding hydrogens is 294 g/mol. The van der Waals surface area contributed by atoms with E-state index in [9.17, 15) is 4.79 Å². The molecule has 0 spiro atoms. The van der Waals surface area contributed by atoms with Gasteiger partial charge >= 0.3 is 0 Å². The van der Waals surface area contributed by atoms with Gasteiger partial charge < -0.3 is 20.3 Å². The lowest BCUT2D eigenvalue weighted by molar-refractivity contribution is 0.102. The van der Waals surface area contributed by atoms with Crippen LogP contribution in [0.3, 0.4) is 0 Å². The number of anilines is 1. The van der Waals surface area contributed by atoms with Crippen LogP contribution in [0.15, 0.2) is 28.8 Å². The average Bonchev–Trinajstić information content (AvgIpc) is 2.77. The number of nitrogens with zero attached hydrogens (tertiary/aromatic N) is 1. The van der Waals surface area contributed by atoms with E-state index in [1.807, 2.05) is 0 Å². The van der Waals surface area contributed by atoms with E-state index in [-0.39, 0.29) is 18.3 Å². The SMILES string of the molecule is Cc1noc(C)c1C(=O)Nc1ccc(OCCN)cc1.Cl. The van der Waals surface area contributed by atoms with Gasteiger partial charge in [-0.25, -0.2) is 0 Å². The Balaban J connectivity index is 0.00000220. The van der Waals surface area contributed by atoms with Gasteiger partial charge in [-0.05, 0) is 38.1 Å². The number of aromatic nitrogens is 1. The van der Waals surface area contributed by atoms with E-state index in [2.05, 4.69) is 10.5 Å². The average molecular weight is 312 g/mol. The lowest BCUT2D eigenvalue weighted by Crippen LogP contribution is -2.13. The number of amides is 1. The molecule has 0 saturated carbocycles. The molecule has 21 heavy (non-hydrogen) atoms. The molecule has 2 rings (SSSR count). The molecule has 114 valence electrons. The van der Waals surface area contributed by atoms with Crippen LogP contribution in [-0.2, 0) is 0 Å². The first-order valence-electron chi connectivity index (χ1n) is 6.29. The molecule has 2 aromatic rings. The van der Waals surface area contributed by atoms with Gasteiger partial charge in [-0.1, -0.05) is 5.16 Å². The topological polar surface area (TPSA) is 90.4 Å². The minimum absolute atomic E-state index is 0. The summed E-state index contributed by atoms with van der Waals surface area (Å²) in [6.45, 7) is 4.36. The molecule has 1 heterocycles. The Morgan fingerprint density at radius 3 is 2.52 bits per heavy atom. The number of ether oxygens (including phenoxy) is 1. The summed E-state index contributed by atoms with van der Waals surface area (Å²) >= 11 is 0. The largest absolute Gasteiger partial charge is 0.492 e. The quantitative estimate of drug-likeness (QED) is 0.884. The van der Waals surface area contributed by atoms with Crippen molar-refractivity contribution in [1.82, 2.24) is 5.16 Å². The summed E-state index contributed by atoms with van der Waals surface area (Å²) in [6.07, 6.45) is 0. The zero-order valence-corrected chi connectivity index (χ0v) is 12.7. The molecule has 0 atom stereocenters. The zero-order valence-electron chi connectivity index (χ0n) is 11.9. The van der Waals surface area contributed by atoms with Crippen LogP contribution in [0, 0.1) is 13.8 Å². The molecule has 1 amide bonds. The van der Waals surface area contributed by atoms with Crippen LogP contribution in [0.5, 0.6) is 5.75 Å². The number of aryl methyl sites for hydroxylation is 2. The highest BCUT2D eigenvalue weighted by atomic mass is 35.5. The molecule has 0 aliphatic carbocycles. The first-order chi connectivity index (χ1) is 9.61. The van der Waals surface area contributed by atoms with Crippen molar-refractivity contribution < 1.29 is 14.1 Å². The second-order valence-electron chi connectivity index (χ2n) is 4.31. The minimum atomic E-state index is -0.239. The number of benzene rings is 1. The molecule has 0 unspecified atom stereocenters. The number of hydrogen-bond acceptors (Lipinski definition) is 5. The highest BCUT2D eigenvalue weighted by Crippen LogP contribution is 2.18. The number of carbonyl (C=O) groups excluding carboxylic acids is 1.